The van der Waals surface area contributed by atoms with Crippen molar-refractivity contribution in [3.8, 4) is 43.5 Å². The summed E-state index contributed by atoms with van der Waals surface area (Å²) < 4.78 is 28.9. The zero-order valence-electron chi connectivity index (χ0n) is 14.0. The summed E-state index contributed by atoms with van der Waals surface area (Å²) in [6.45, 7) is 0. The summed E-state index contributed by atoms with van der Waals surface area (Å²) in [7, 11) is 0. The fourth-order valence-corrected chi connectivity index (χ4v) is 4.18. The summed E-state index contributed by atoms with van der Waals surface area (Å²) in [5.41, 5.74) is 2.32. The number of phenolic OH excluding ortho intramolecular Hbond substituents is 2. The maximum Gasteiger partial charge on any atom is 0.135 e. The maximum absolute atomic E-state index is 14.5. The Labute approximate surface area is 158 Å². The summed E-state index contributed by atoms with van der Waals surface area (Å²) in [6.07, 6.45) is 0. The van der Waals surface area contributed by atoms with Gasteiger partial charge in [-0.05, 0) is 35.9 Å². The van der Waals surface area contributed by atoms with Crippen molar-refractivity contribution in [1.29, 1.82) is 0 Å². The van der Waals surface area contributed by atoms with Gasteiger partial charge in [0.2, 0.25) is 0 Å². The molecule has 0 bridgehead atoms. The second-order valence-corrected chi connectivity index (χ2v) is 7.10. The minimum Gasteiger partial charge on any atom is -0.508 e. The lowest BCUT2D eigenvalue weighted by Gasteiger charge is -2.06. The Bertz CT molecular complexity index is 1120. The molecular weight excluding hydrogens is 366 g/mol. The first-order chi connectivity index (χ1) is 13.0. The van der Waals surface area contributed by atoms with E-state index >= 15 is 0 Å². The molecule has 0 amide bonds. The molecule has 3 aromatic carbocycles. The first-order valence-electron chi connectivity index (χ1n) is 8.20. The molecule has 4 aromatic rings. The number of benzene rings is 3. The quantitative estimate of drug-likeness (QED) is 0.429. The van der Waals surface area contributed by atoms with Crippen molar-refractivity contribution in [2.45, 2.75) is 0 Å². The van der Waals surface area contributed by atoms with Crippen LogP contribution in [-0.2, 0) is 0 Å². The van der Waals surface area contributed by atoms with Crippen molar-refractivity contribution in [1.82, 2.24) is 0 Å². The van der Waals surface area contributed by atoms with E-state index in [0.717, 1.165) is 23.3 Å². The van der Waals surface area contributed by atoms with Crippen molar-refractivity contribution in [3.05, 3.63) is 84.4 Å². The van der Waals surface area contributed by atoms with Crippen LogP contribution in [-0.4, -0.2) is 10.2 Å². The first-order valence-corrected chi connectivity index (χ1v) is 9.01. The first kappa shape index (κ1) is 17.2. The molecule has 1 aromatic heterocycles. The van der Waals surface area contributed by atoms with Gasteiger partial charge in [0.25, 0.3) is 0 Å². The van der Waals surface area contributed by atoms with Gasteiger partial charge in [0, 0.05) is 38.6 Å². The van der Waals surface area contributed by atoms with E-state index in [1.54, 1.807) is 0 Å². The van der Waals surface area contributed by atoms with Crippen LogP contribution in [0.4, 0.5) is 8.78 Å². The Hall–Kier alpha value is -3.18. The molecule has 5 heteroatoms. The average molecular weight is 380 g/mol. The topological polar surface area (TPSA) is 40.5 Å². The van der Waals surface area contributed by atoms with Crippen LogP contribution in [0.15, 0.2) is 72.8 Å². The third kappa shape index (κ3) is 3.29. The van der Waals surface area contributed by atoms with E-state index in [0.29, 0.717) is 20.9 Å². The molecule has 0 radical (unpaired) electrons. The number of hydrogen-bond acceptors (Lipinski definition) is 3. The molecule has 0 fully saturated rings. The SMILES string of the molecule is Oc1ccc(-c2cc(-c3ccccc3)c(-c3ccc(O)cc3F)s2)c(F)c1. The number of phenols is 2. The lowest BCUT2D eigenvalue weighted by Crippen LogP contribution is -1.84. The van der Waals surface area contributed by atoms with Gasteiger partial charge in [0.15, 0.2) is 0 Å². The number of hydrogen-bond donors (Lipinski definition) is 2. The third-order valence-electron chi connectivity index (χ3n) is 4.23. The lowest BCUT2D eigenvalue weighted by molar-refractivity contribution is 0.469. The Morgan fingerprint density at radius 1 is 0.630 bits per heavy atom. The van der Waals surface area contributed by atoms with Crippen LogP contribution in [0.3, 0.4) is 0 Å². The van der Waals surface area contributed by atoms with Gasteiger partial charge >= 0.3 is 0 Å². The van der Waals surface area contributed by atoms with Gasteiger partial charge in [-0.2, -0.15) is 0 Å². The summed E-state index contributed by atoms with van der Waals surface area (Å²) in [5.74, 6) is -1.40. The van der Waals surface area contributed by atoms with E-state index in [-0.39, 0.29) is 11.5 Å². The molecule has 0 saturated heterocycles. The number of thiophene rings is 1. The highest BCUT2D eigenvalue weighted by atomic mass is 32.1. The van der Waals surface area contributed by atoms with Crippen molar-refractivity contribution in [3.63, 3.8) is 0 Å². The zero-order chi connectivity index (χ0) is 19.0. The molecule has 1 heterocycles. The Balaban J connectivity index is 1.95. The molecule has 0 spiro atoms. The molecule has 2 nitrogen and oxygen atoms in total. The van der Waals surface area contributed by atoms with Gasteiger partial charge in [0.05, 0.1) is 0 Å². The van der Waals surface area contributed by atoms with Crippen molar-refractivity contribution in [2.75, 3.05) is 0 Å². The number of halogens is 2. The molecule has 4 rings (SSSR count). The van der Waals surface area contributed by atoms with Gasteiger partial charge in [-0.25, -0.2) is 8.78 Å². The van der Waals surface area contributed by atoms with Crippen LogP contribution in [0.1, 0.15) is 0 Å². The molecular formula is C22H14F2O2S. The molecule has 0 unspecified atom stereocenters. The van der Waals surface area contributed by atoms with E-state index in [2.05, 4.69) is 0 Å². The predicted molar refractivity (Wildman–Crippen MR) is 104 cm³/mol. The van der Waals surface area contributed by atoms with Crippen LogP contribution in [0, 0.1) is 11.6 Å². The van der Waals surface area contributed by atoms with Crippen molar-refractivity contribution in [2.24, 2.45) is 0 Å². The average Bonchev–Trinajstić information content (AvgIpc) is 3.07. The summed E-state index contributed by atoms with van der Waals surface area (Å²) in [6, 6.07) is 19.2. The second-order valence-electron chi connectivity index (χ2n) is 6.05. The van der Waals surface area contributed by atoms with E-state index in [4.69, 9.17) is 0 Å². The third-order valence-corrected chi connectivity index (χ3v) is 5.43. The van der Waals surface area contributed by atoms with Crippen LogP contribution in [0.2, 0.25) is 0 Å². The highest BCUT2D eigenvalue weighted by Gasteiger charge is 2.19. The Morgan fingerprint density at radius 3 is 1.81 bits per heavy atom. The standard InChI is InChI=1S/C22H14F2O2S/c23-19-10-14(25)6-8-16(19)21-12-18(13-4-2-1-3-5-13)22(27-21)17-9-7-15(26)11-20(17)24/h1-12,25-26H. The van der Waals surface area contributed by atoms with Crippen LogP contribution in [0.25, 0.3) is 32.0 Å². The van der Waals surface area contributed by atoms with E-state index in [1.807, 2.05) is 36.4 Å². The normalized spacial score (nSPS) is 10.9. The van der Waals surface area contributed by atoms with Gasteiger partial charge in [-0.3, -0.25) is 0 Å². The second kappa shape index (κ2) is 6.85. The zero-order valence-corrected chi connectivity index (χ0v) is 14.8. The highest BCUT2D eigenvalue weighted by molar-refractivity contribution is 7.19. The molecule has 0 saturated carbocycles. The Kier molecular flexibility index (Phi) is 4.38. The molecule has 0 aliphatic heterocycles. The molecule has 27 heavy (non-hydrogen) atoms. The smallest absolute Gasteiger partial charge is 0.135 e. The molecule has 2 N–H and O–H groups in total. The van der Waals surface area contributed by atoms with Crippen LogP contribution in [0.5, 0.6) is 11.5 Å². The monoisotopic (exact) mass is 380 g/mol. The summed E-state index contributed by atoms with van der Waals surface area (Å²) >= 11 is 1.26. The number of aromatic hydroxyl groups is 2. The van der Waals surface area contributed by atoms with Gasteiger partial charge in [-0.1, -0.05) is 30.3 Å². The minimum atomic E-state index is -0.549. The van der Waals surface area contributed by atoms with E-state index in [9.17, 15) is 19.0 Å². The van der Waals surface area contributed by atoms with E-state index in [1.165, 1.54) is 35.6 Å². The summed E-state index contributed by atoms with van der Waals surface area (Å²) in [4.78, 5) is 1.26. The van der Waals surface area contributed by atoms with Crippen molar-refractivity contribution >= 4 is 11.3 Å². The maximum atomic E-state index is 14.5. The van der Waals surface area contributed by atoms with Gasteiger partial charge in [0.1, 0.15) is 23.1 Å². The van der Waals surface area contributed by atoms with Gasteiger partial charge < -0.3 is 10.2 Å². The molecule has 0 aliphatic rings. The van der Waals surface area contributed by atoms with Gasteiger partial charge in [-0.15, -0.1) is 11.3 Å². The highest BCUT2D eigenvalue weighted by Crippen LogP contribution is 2.45. The minimum absolute atomic E-state index is 0.152. The van der Waals surface area contributed by atoms with Crippen LogP contribution < -0.4 is 0 Å². The largest absolute Gasteiger partial charge is 0.508 e. The van der Waals surface area contributed by atoms with Crippen molar-refractivity contribution < 1.29 is 19.0 Å². The molecule has 134 valence electrons. The van der Waals surface area contributed by atoms with E-state index < -0.39 is 11.6 Å². The lowest BCUT2D eigenvalue weighted by atomic mass is 10.0. The fraction of sp³-hybridized carbons (Fsp3) is 0. The fourth-order valence-electron chi connectivity index (χ4n) is 2.95. The number of rotatable bonds is 3. The molecule has 0 atom stereocenters. The van der Waals surface area contributed by atoms with Crippen LogP contribution >= 0.6 is 11.3 Å². The Morgan fingerprint density at radius 2 is 1.22 bits per heavy atom. The predicted octanol–water partition coefficient (Wildman–Crippen LogP) is 6.44. The summed E-state index contributed by atoms with van der Waals surface area (Å²) in [5, 5.41) is 19.0. The molecule has 0 aliphatic carbocycles.